The number of hydrogen-bond donors (Lipinski definition) is 1. The van der Waals surface area contributed by atoms with Crippen molar-refractivity contribution in [2.24, 2.45) is 7.05 Å². The molecular weight excluding hydrogens is 288 g/mol. The average Bonchev–Trinajstić information content (AvgIpc) is 3.15. The summed E-state index contributed by atoms with van der Waals surface area (Å²) >= 11 is 1.56. The second-order valence-corrected chi connectivity index (χ2v) is 6.20. The van der Waals surface area contributed by atoms with E-state index in [9.17, 15) is 0 Å². The molecule has 0 radical (unpaired) electrons. The second kappa shape index (κ2) is 4.81. The van der Waals surface area contributed by atoms with E-state index in [2.05, 4.69) is 20.4 Å². The molecule has 2 atom stereocenters. The third-order valence-corrected chi connectivity index (χ3v) is 4.53. The molecule has 4 rings (SSSR count). The lowest BCUT2D eigenvalue weighted by Gasteiger charge is -2.18. The standard InChI is InChI=1S/C13H16N6OS/c1-8-7-19-13(15-8)21-12(17-19)16-9-3-6-20-10(9)11-14-4-5-18(11)2/h4-5,7,9-10H,3,6H2,1-2H3,(H,16,17)/t9-,10-/m0/s1. The molecule has 110 valence electrons. The summed E-state index contributed by atoms with van der Waals surface area (Å²) < 4.78 is 9.66. The minimum Gasteiger partial charge on any atom is -0.368 e. The van der Waals surface area contributed by atoms with Crippen molar-refractivity contribution in [3.05, 3.63) is 30.1 Å². The second-order valence-electron chi connectivity index (χ2n) is 5.24. The first kappa shape index (κ1) is 12.8. The van der Waals surface area contributed by atoms with Crippen LogP contribution >= 0.6 is 11.3 Å². The number of fused-ring (bicyclic) bond motifs is 1. The van der Waals surface area contributed by atoms with E-state index >= 15 is 0 Å². The first-order chi connectivity index (χ1) is 10.2. The Kier molecular flexibility index (Phi) is 2.93. The highest BCUT2D eigenvalue weighted by Crippen LogP contribution is 2.31. The number of nitrogens with one attached hydrogen (secondary N) is 1. The zero-order valence-electron chi connectivity index (χ0n) is 11.9. The van der Waals surface area contributed by atoms with E-state index in [1.165, 1.54) is 0 Å². The van der Waals surface area contributed by atoms with Gasteiger partial charge in [-0.25, -0.2) is 14.5 Å². The lowest BCUT2D eigenvalue weighted by atomic mass is 10.1. The fraction of sp³-hybridized carbons (Fsp3) is 0.462. The Balaban J connectivity index is 1.57. The van der Waals surface area contributed by atoms with Crippen molar-refractivity contribution in [2.45, 2.75) is 25.5 Å². The fourth-order valence-electron chi connectivity index (χ4n) is 2.67. The molecule has 3 aromatic rings. The zero-order valence-corrected chi connectivity index (χ0v) is 12.7. The van der Waals surface area contributed by atoms with Gasteiger partial charge >= 0.3 is 0 Å². The van der Waals surface area contributed by atoms with Gasteiger partial charge in [0, 0.05) is 26.0 Å². The van der Waals surface area contributed by atoms with Crippen LogP contribution in [0.3, 0.4) is 0 Å². The summed E-state index contributed by atoms with van der Waals surface area (Å²) in [5, 5.41) is 8.85. The van der Waals surface area contributed by atoms with Gasteiger partial charge in [-0.05, 0) is 13.3 Å². The Morgan fingerprint density at radius 1 is 1.48 bits per heavy atom. The van der Waals surface area contributed by atoms with Crippen LogP contribution in [-0.4, -0.2) is 36.8 Å². The fourth-order valence-corrected chi connectivity index (χ4v) is 3.56. The number of nitrogens with zero attached hydrogens (tertiary/aromatic N) is 5. The van der Waals surface area contributed by atoms with Gasteiger partial charge in [-0.15, -0.1) is 5.10 Å². The molecule has 0 amide bonds. The molecule has 3 aromatic heterocycles. The minimum atomic E-state index is -0.0389. The van der Waals surface area contributed by atoms with Crippen molar-refractivity contribution >= 4 is 21.4 Å². The maximum absolute atomic E-state index is 5.85. The molecule has 1 N–H and O–H groups in total. The van der Waals surface area contributed by atoms with Crippen molar-refractivity contribution in [1.29, 1.82) is 0 Å². The molecule has 1 saturated heterocycles. The van der Waals surface area contributed by atoms with E-state index in [0.29, 0.717) is 0 Å². The van der Waals surface area contributed by atoms with Gasteiger partial charge in [0.05, 0.1) is 17.9 Å². The van der Waals surface area contributed by atoms with Gasteiger partial charge in [-0.1, -0.05) is 11.3 Å². The van der Waals surface area contributed by atoms with Crippen molar-refractivity contribution < 1.29 is 4.74 Å². The molecular formula is C13H16N6OS. The number of anilines is 1. The predicted octanol–water partition coefficient (Wildman–Crippen LogP) is 1.77. The smallest absolute Gasteiger partial charge is 0.214 e. The Morgan fingerprint density at radius 3 is 3.14 bits per heavy atom. The Hall–Kier alpha value is -1.93. The number of rotatable bonds is 3. The van der Waals surface area contributed by atoms with Gasteiger partial charge in [-0.3, -0.25) is 0 Å². The Morgan fingerprint density at radius 2 is 2.38 bits per heavy atom. The highest BCUT2D eigenvalue weighted by molar-refractivity contribution is 7.20. The monoisotopic (exact) mass is 304 g/mol. The molecule has 7 nitrogen and oxygen atoms in total. The Bertz CT molecular complexity index is 743. The molecule has 0 aliphatic carbocycles. The number of hydrogen-bond acceptors (Lipinski definition) is 6. The van der Waals surface area contributed by atoms with Crippen LogP contribution in [0.25, 0.3) is 4.96 Å². The summed E-state index contributed by atoms with van der Waals surface area (Å²) in [6.07, 6.45) is 6.57. The topological polar surface area (TPSA) is 69.3 Å². The highest BCUT2D eigenvalue weighted by atomic mass is 32.1. The first-order valence-corrected chi connectivity index (χ1v) is 7.70. The molecule has 21 heavy (non-hydrogen) atoms. The van der Waals surface area contributed by atoms with Crippen molar-refractivity contribution in [2.75, 3.05) is 11.9 Å². The van der Waals surface area contributed by atoms with E-state index in [1.807, 2.05) is 35.4 Å². The summed E-state index contributed by atoms with van der Waals surface area (Å²) in [5.74, 6) is 0.946. The lowest BCUT2D eigenvalue weighted by Crippen LogP contribution is -2.25. The molecule has 1 fully saturated rings. The summed E-state index contributed by atoms with van der Waals surface area (Å²) in [6.45, 7) is 2.70. The number of imidazole rings is 2. The summed E-state index contributed by atoms with van der Waals surface area (Å²) in [7, 11) is 1.99. The quantitative estimate of drug-likeness (QED) is 0.798. The van der Waals surface area contributed by atoms with E-state index in [-0.39, 0.29) is 12.1 Å². The summed E-state index contributed by atoms with van der Waals surface area (Å²) in [4.78, 5) is 9.73. The van der Waals surface area contributed by atoms with Crippen LogP contribution < -0.4 is 5.32 Å². The van der Waals surface area contributed by atoms with Gasteiger partial charge in [0.1, 0.15) is 11.9 Å². The Labute approximate surface area is 125 Å². The van der Waals surface area contributed by atoms with Gasteiger partial charge in [0.25, 0.3) is 0 Å². The first-order valence-electron chi connectivity index (χ1n) is 6.89. The van der Waals surface area contributed by atoms with Crippen LogP contribution in [0.15, 0.2) is 18.6 Å². The van der Waals surface area contributed by atoms with E-state index < -0.39 is 0 Å². The van der Waals surface area contributed by atoms with Crippen LogP contribution in [0.1, 0.15) is 24.0 Å². The molecule has 1 aliphatic rings. The van der Waals surface area contributed by atoms with Crippen LogP contribution in [-0.2, 0) is 11.8 Å². The van der Waals surface area contributed by atoms with Crippen LogP contribution in [0.2, 0.25) is 0 Å². The van der Waals surface area contributed by atoms with Crippen LogP contribution in [0.5, 0.6) is 0 Å². The van der Waals surface area contributed by atoms with Gasteiger partial charge < -0.3 is 14.6 Å². The molecule has 0 bridgehead atoms. The van der Waals surface area contributed by atoms with Gasteiger partial charge in [0.15, 0.2) is 0 Å². The van der Waals surface area contributed by atoms with Crippen LogP contribution in [0, 0.1) is 6.92 Å². The van der Waals surface area contributed by atoms with Gasteiger partial charge in [-0.2, -0.15) is 0 Å². The molecule has 1 aliphatic heterocycles. The minimum absolute atomic E-state index is 0.0389. The normalized spacial score (nSPS) is 22.2. The largest absolute Gasteiger partial charge is 0.368 e. The van der Waals surface area contributed by atoms with E-state index in [4.69, 9.17) is 4.74 Å². The third kappa shape index (κ3) is 2.20. The van der Waals surface area contributed by atoms with Crippen molar-refractivity contribution in [3.8, 4) is 0 Å². The summed E-state index contributed by atoms with van der Waals surface area (Å²) in [6, 6.07) is 0.183. The maximum atomic E-state index is 5.85. The average molecular weight is 304 g/mol. The van der Waals surface area contributed by atoms with Crippen molar-refractivity contribution in [3.63, 3.8) is 0 Å². The predicted molar refractivity (Wildman–Crippen MR) is 79.5 cm³/mol. The molecule has 0 unspecified atom stereocenters. The SMILES string of the molecule is Cc1cn2nc(N[C@H]3CCO[C@@H]3c3nccn3C)sc2n1. The molecule has 0 saturated carbocycles. The van der Waals surface area contributed by atoms with Crippen molar-refractivity contribution in [1.82, 2.24) is 24.1 Å². The molecule has 0 spiro atoms. The molecule has 8 heteroatoms. The van der Waals surface area contributed by atoms with E-state index in [0.717, 1.165) is 34.6 Å². The summed E-state index contributed by atoms with van der Waals surface area (Å²) in [5.41, 5.74) is 0.982. The number of aromatic nitrogens is 5. The van der Waals surface area contributed by atoms with Crippen LogP contribution in [0.4, 0.5) is 5.13 Å². The lowest BCUT2D eigenvalue weighted by molar-refractivity contribution is 0.0983. The van der Waals surface area contributed by atoms with E-state index in [1.54, 1.807) is 17.5 Å². The maximum Gasteiger partial charge on any atom is 0.214 e. The molecule has 0 aromatic carbocycles. The number of ether oxygens (including phenoxy) is 1. The molecule has 4 heterocycles. The van der Waals surface area contributed by atoms with Gasteiger partial charge in [0.2, 0.25) is 10.1 Å². The highest BCUT2D eigenvalue weighted by Gasteiger charge is 2.33. The zero-order chi connectivity index (χ0) is 14.4. The third-order valence-electron chi connectivity index (χ3n) is 3.68. The number of aryl methyl sites for hydroxylation is 2.